The van der Waals surface area contributed by atoms with Gasteiger partial charge < -0.3 is 23.8 Å². The monoisotopic (exact) mass is 284 g/mol. The molecule has 15 heavy (non-hydrogen) atoms. The Kier molecular flexibility index (Phi) is 11.7. The van der Waals surface area contributed by atoms with Crippen LogP contribution in [0.1, 0.15) is 12.8 Å². The van der Waals surface area contributed by atoms with E-state index in [0.29, 0.717) is 13.1 Å². The van der Waals surface area contributed by atoms with Crippen LogP contribution in [0.5, 0.6) is 0 Å². The summed E-state index contributed by atoms with van der Waals surface area (Å²) < 4.78 is 17.0. The van der Waals surface area contributed by atoms with Crippen molar-refractivity contribution in [2.75, 3.05) is 13.1 Å². The summed E-state index contributed by atoms with van der Waals surface area (Å²) in [7, 11) is -1.40. The van der Waals surface area contributed by atoms with Crippen LogP contribution in [0.25, 0.3) is 0 Å². The lowest BCUT2D eigenvalue weighted by molar-refractivity contribution is 0.383. The van der Waals surface area contributed by atoms with Crippen molar-refractivity contribution in [3.05, 3.63) is 0 Å². The molecule has 0 aromatic rings. The van der Waals surface area contributed by atoms with E-state index in [-0.39, 0.29) is 0 Å². The quantitative estimate of drug-likeness (QED) is 0.412. The molecule has 0 aromatic carbocycles. The van der Waals surface area contributed by atoms with Gasteiger partial charge in [0.05, 0.1) is 0 Å². The Bertz CT molecular complexity index is 132. The van der Waals surface area contributed by atoms with E-state index in [1.807, 2.05) is 0 Å². The van der Waals surface area contributed by atoms with Crippen molar-refractivity contribution in [3.8, 4) is 0 Å². The van der Waals surface area contributed by atoms with Crippen molar-refractivity contribution < 1.29 is 12.3 Å². The Labute approximate surface area is 102 Å². The lowest BCUT2D eigenvalue weighted by Gasteiger charge is -2.21. The van der Waals surface area contributed by atoms with Crippen LogP contribution >= 0.6 is 0 Å². The van der Waals surface area contributed by atoms with Gasteiger partial charge in [-0.15, -0.1) is 0 Å². The molecule has 2 atom stereocenters. The molecule has 9 heteroatoms. The third-order valence-electron chi connectivity index (χ3n) is 2.12. The maximum absolute atomic E-state index is 5.94. The summed E-state index contributed by atoms with van der Waals surface area (Å²) >= 11 is 0. The summed E-state index contributed by atoms with van der Waals surface area (Å²) in [4.78, 5) is 0. The normalized spacial score (nSPS) is 15.6. The van der Waals surface area contributed by atoms with E-state index in [1.54, 1.807) is 0 Å². The van der Waals surface area contributed by atoms with Gasteiger partial charge in [0.2, 0.25) is 0 Å². The minimum absolute atomic E-state index is 0.717. The van der Waals surface area contributed by atoms with Gasteiger partial charge in [-0.1, -0.05) is 0 Å². The minimum Gasteiger partial charge on any atom is -0.447 e. The van der Waals surface area contributed by atoms with Crippen molar-refractivity contribution >= 4 is 39.5 Å². The van der Waals surface area contributed by atoms with E-state index < -0.39 is 18.6 Å². The van der Waals surface area contributed by atoms with E-state index in [4.69, 9.17) is 23.8 Å². The topological polar surface area (TPSA) is 79.7 Å². The summed E-state index contributed by atoms with van der Waals surface area (Å²) in [5, 5.41) is 0. The summed E-state index contributed by atoms with van der Waals surface area (Å²) in [5.74, 6) is 0. The Morgan fingerprint density at radius 2 is 1.27 bits per heavy atom. The Balaban J connectivity index is 3.77. The maximum atomic E-state index is 5.94. The molecule has 92 valence electrons. The van der Waals surface area contributed by atoms with Crippen molar-refractivity contribution in [1.29, 1.82) is 0 Å². The average Bonchev–Trinajstić information content (AvgIpc) is 2.28. The molecular formula is C6H24N2O3Si4. The van der Waals surface area contributed by atoms with Gasteiger partial charge in [0.15, 0.2) is 0 Å². The summed E-state index contributed by atoms with van der Waals surface area (Å²) in [5.41, 5.74) is 10.9. The van der Waals surface area contributed by atoms with E-state index in [0.717, 1.165) is 45.9 Å². The first-order valence-electron chi connectivity index (χ1n) is 5.39. The van der Waals surface area contributed by atoms with Gasteiger partial charge >= 0.3 is 18.6 Å². The first-order chi connectivity index (χ1) is 7.28. The molecule has 0 saturated heterocycles. The Morgan fingerprint density at radius 1 is 0.867 bits per heavy atom. The zero-order chi connectivity index (χ0) is 11.5. The standard InChI is InChI=1S/C6H24N2O3Si4/c7-3-1-5-14(9-12)11-15(10-13)6-2-4-8/h14-15H,1-8H2,12-13H3. The molecule has 0 aliphatic rings. The third kappa shape index (κ3) is 8.47. The molecule has 2 unspecified atom stereocenters. The van der Waals surface area contributed by atoms with E-state index in [1.165, 1.54) is 0 Å². The van der Waals surface area contributed by atoms with Crippen LogP contribution in [0.4, 0.5) is 0 Å². The SMILES string of the molecule is NCCC[SiH](O[SiH3])O[SiH](CCCN)O[SiH3]. The molecule has 0 aromatic heterocycles. The van der Waals surface area contributed by atoms with Crippen molar-refractivity contribution in [3.63, 3.8) is 0 Å². The van der Waals surface area contributed by atoms with Gasteiger partial charge in [0.25, 0.3) is 0 Å². The number of hydrogen-bond donors (Lipinski definition) is 2. The fraction of sp³-hybridized carbons (Fsp3) is 1.00. The van der Waals surface area contributed by atoms with Gasteiger partial charge in [-0.3, -0.25) is 0 Å². The average molecular weight is 285 g/mol. The van der Waals surface area contributed by atoms with Crippen LogP contribution < -0.4 is 11.5 Å². The second kappa shape index (κ2) is 11.2. The van der Waals surface area contributed by atoms with Gasteiger partial charge in [-0.25, -0.2) is 0 Å². The molecule has 0 aliphatic heterocycles. The van der Waals surface area contributed by atoms with Crippen LogP contribution in [-0.4, -0.2) is 52.6 Å². The number of rotatable bonds is 10. The highest BCUT2D eigenvalue weighted by atomic mass is 28.4. The van der Waals surface area contributed by atoms with Crippen molar-refractivity contribution in [2.45, 2.75) is 24.9 Å². The van der Waals surface area contributed by atoms with Crippen molar-refractivity contribution in [2.24, 2.45) is 11.5 Å². The van der Waals surface area contributed by atoms with Gasteiger partial charge in [-0.05, 0) is 38.0 Å². The Morgan fingerprint density at radius 3 is 1.53 bits per heavy atom. The molecule has 0 saturated carbocycles. The molecule has 0 aliphatic carbocycles. The van der Waals surface area contributed by atoms with Gasteiger partial charge in [-0.2, -0.15) is 0 Å². The summed E-state index contributed by atoms with van der Waals surface area (Å²) in [6.07, 6.45) is 2.00. The zero-order valence-corrected chi connectivity index (χ0v) is 16.1. The van der Waals surface area contributed by atoms with Crippen LogP contribution in [0.15, 0.2) is 0 Å². The molecule has 0 fully saturated rings. The largest absolute Gasteiger partial charge is 0.447 e. The molecular weight excluding hydrogens is 260 g/mol. The van der Waals surface area contributed by atoms with Crippen LogP contribution in [0.3, 0.4) is 0 Å². The van der Waals surface area contributed by atoms with Crippen molar-refractivity contribution in [1.82, 2.24) is 0 Å². The molecule has 0 heterocycles. The lowest BCUT2D eigenvalue weighted by atomic mass is 10.5. The van der Waals surface area contributed by atoms with Gasteiger partial charge in [0, 0.05) is 0 Å². The number of nitrogens with two attached hydrogens (primary N) is 2. The molecule has 0 spiro atoms. The fourth-order valence-electron chi connectivity index (χ4n) is 1.22. The van der Waals surface area contributed by atoms with E-state index in [2.05, 4.69) is 0 Å². The third-order valence-corrected chi connectivity index (χ3v) is 10.5. The first-order valence-corrected chi connectivity index (χ1v) is 10.5. The second-order valence-electron chi connectivity index (χ2n) is 3.33. The minimum atomic E-state index is -1.45. The molecule has 5 nitrogen and oxygen atoms in total. The highest BCUT2D eigenvalue weighted by molar-refractivity contribution is 6.62. The highest BCUT2D eigenvalue weighted by Crippen LogP contribution is 2.06. The predicted octanol–water partition coefficient (Wildman–Crippen LogP) is -3.26. The van der Waals surface area contributed by atoms with Gasteiger partial charge in [0.1, 0.15) is 21.0 Å². The van der Waals surface area contributed by atoms with E-state index in [9.17, 15) is 0 Å². The molecule has 4 N–H and O–H groups in total. The van der Waals surface area contributed by atoms with Crippen LogP contribution in [0.2, 0.25) is 12.1 Å². The molecule has 0 radical (unpaired) electrons. The summed E-state index contributed by atoms with van der Waals surface area (Å²) in [6, 6.07) is 2.02. The molecule has 0 bridgehead atoms. The highest BCUT2D eigenvalue weighted by Gasteiger charge is 2.18. The smallest absolute Gasteiger partial charge is 0.301 e. The maximum Gasteiger partial charge on any atom is 0.301 e. The second-order valence-corrected chi connectivity index (χ2v) is 11.1. The first kappa shape index (κ1) is 15.7. The van der Waals surface area contributed by atoms with E-state index >= 15 is 0 Å². The molecule has 0 rings (SSSR count). The predicted molar refractivity (Wildman–Crippen MR) is 74.4 cm³/mol. The van der Waals surface area contributed by atoms with Crippen LogP contribution in [-0.2, 0) is 12.3 Å². The zero-order valence-electron chi connectivity index (χ0n) is 9.78. The fourth-order valence-corrected chi connectivity index (χ4v) is 9.58. The Hall–Kier alpha value is 0.668. The lowest BCUT2D eigenvalue weighted by Crippen LogP contribution is -2.34. The molecule has 0 amide bonds. The summed E-state index contributed by atoms with van der Waals surface area (Å²) in [6.45, 7) is 1.43. The number of hydrogen-bond acceptors (Lipinski definition) is 5. The van der Waals surface area contributed by atoms with Crippen LogP contribution in [0, 0.1) is 0 Å².